The van der Waals surface area contributed by atoms with E-state index in [0.29, 0.717) is 30.2 Å². The Morgan fingerprint density at radius 2 is 1.74 bits per heavy atom. The number of aromatic amines is 1. The van der Waals surface area contributed by atoms with Gasteiger partial charge in [-0.3, -0.25) is 9.78 Å². The number of fused-ring (bicyclic) bond motifs is 1. The number of benzene rings is 2. The Balaban J connectivity index is 1.50. The highest BCUT2D eigenvalue weighted by Crippen LogP contribution is 2.44. The zero-order valence-electron chi connectivity index (χ0n) is 26.4. The van der Waals surface area contributed by atoms with E-state index in [2.05, 4.69) is 42.6 Å². The van der Waals surface area contributed by atoms with Gasteiger partial charge in [0.2, 0.25) is 5.88 Å². The highest BCUT2D eigenvalue weighted by atomic mass is 32.2. The van der Waals surface area contributed by atoms with Crippen LogP contribution in [0.15, 0.2) is 84.0 Å². The summed E-state index contributed by atoms with van der Waals surface area (Å²) in [5, 5.41) is 1.04. The van der Waals surface area contributed by atoms with E-state index in [1.54, 1.807) is 37.0 Å². The van der Waals surface area contributed by atoms with Crippen molar-refractivity contribution in [2.45, 2.75) is 69.4 Å². The Hall–Kier alpha value is -4.31. The quantitative estimate of drug-likeness (QED) is 0.120. The average molecular weight is 648 g/mol. The molecule has 0 saturated carbocycles. The highest BCUT2D eigenvalue weighted by Gasteiger charge is 2.32. The largest absolute Gasteiger partial charge is 0.473 e. The van der Waals surface area contributed by atoms with Crippen molar-refractivity contribution in [3.63, 3.8) is 0 Å². The highest BCUT2D eigenvalue weighted by molar-refractivity contribution is 8.00. The summed E-state index contributed by atoms with van der Waals surface area (Å²) in [7, 11) is 0. The fraction of sp³-hybridized carbons (Fsp3) is 0.306. The minimum absolute atomic E-state index is 0.160. The fourth-order valence-electron chi connectivity index (χ4n) is 5.21. The number of pyridine rings is 2. The van der Waals surface area contributed by atoms with Crippen LogP contribution < -0.4 is 4.74 Å². The Bertz CT molecular complexity index is 1800. The number of carbonyl (C=O) groups excluding carboxylic acids is 1. The van der Waals surface area contributed by atoms with Crippen LogP contribution in [0.2, 0.25) is 0 Å². The van der Waals surface area contributed by atoms with Crippen molar-refractivity contribution in [1.29, 1.82) is 0 Å². The lowest BCUT2D eigenvalue weighted by Gasteiger charge is -2.22. The van der Waals surface area contributed by atoms with Gasteiger partial charge in [-0.25, -0.2) is 4.98 Å². The van der Waals surface area contributed by atoms with Gasteiger partial charge < -0.3 is 14.5 Å². The van der Waals surface area contributed by atoms with Crippen molar-refractivity contribution in [2.24, 2.45) is 0 Å². The normalized spacial score (nSPS) is 12.7. The van der Waals surface area contributed by atoms with E-state index >= 15 is 0 Å². The third-order valence-electron chi connectivity index (χ3n) is 7.44. The summed E-state index contributed by atoms with van der Waals surface area (Å²) in [6.07, 6.45) is -1.56. The predicted molar refractivity (Wildman–Crippen MR) is 175 cm³/mol. The maximum absolute atomic E-state index is 13.6. The number of ether oxygens (including phenoxy) is 2. The SMILES string of the molecule is CCOC(=O)C(Cc1ccc(-c2ccc(C(F)(F)F)cn2)cc1)c1[nH]c2ccc(COc3ccccn3)c(C)c2c1SC(C)(C)C. The molecule has 46 heavy (non-hydrogen) atoms. The molecule has 3 heterocycles. The second-order valence-electron chi connectivity index (χ2n) is 11.9. The molecule has 240 valence electrons. The summed E-state index contributed by atoms with van der Waals surface area (Å²) in [6.45, 7) is 10.8. The zero-order valence-corrected chi connectivity index (χ0v) is 27.2. The molecule has 5 aromatic rings. The van der Waals surface area contributed by atoms with E-state index in [0.717, 1.165) is 50.4 Å². The van der Waals surface area contributed by atoms with E-state index in [9.17, 15) is 18.0 Å². The van der Waals surface area contributed by atoms with E-state index in [4.69, 9.17) is 9.47 Å². The van der Waals surface area contributed by atoms with Gasteiger partial charge in [0.15, 0.2) is 0 Å². The second kappa shape index (κ2) is 13.6. The average Bonchev–Trinajstić information content (AvgIpc) is 3.37. The van der Waals surface area contributed by atoms with Crippen molar-refractivity contribution in [3.8, 4) is 17.1 Å². The van der Waals surface area contributed by atoms with Gasteiger partial charge in [0.05, 0.1) is 17.9 Å². The van der Waals surface area contributed by atoms with Crippen LogP contribution >= 0.6 is 11.8 Å². The molecule has 0 saturated heterocycles. The van der Waals surface area contributed by atoms with Crippen LogP contribution in [0, 0.1) is 6.92 Å². The lowest BCUT2D eigenvalue weighted by Crippen LogP contribution is -2.20. The second-order valence-corrected chi connectivity index (χ2v) is 13.8. The molecule has 0 bridgehead atoms. The first-order chi connectivity index (χ1) is 21.8. The molecule has 0 radical (unpaired) electrons. The first-order valence-electron chi connectivity index (χ1n) is 15.0. The number of hydrogen-bond donors (Lipinski definition) is 1. The third kappa shape index (κ3) is 7.73. The van der Waals surface area contributed by atoms with Gasteiger partial charge in [0.1, 0.15) is 12.5 Å². The van der Waals surface area contributed by atoms with Crippen LogP contribution in [-0.2, 0) is 28.7 Å². The van der Waals surface area contributed by atoms with Gasteiger partial charge in [-0.05, 0) is 61.2 Å². The molecule has 10 heteroatoms. The molecule has 0 aliphatic carbocycles. The minimum Gasteiger partial charge on any atom is -0.473 e. The number of halogens is 3. The summed E-state index contributed by atoms with van der Waals surface area (Å²) in [5.41, 5.74) is 4.95. The van der Waals surface area contributed by atoms with Crippen LogP contribution in [0.5, 0.6) is 5.88 Å². The molecular formula is C36H36F3N3O3S. The number of rotatable bonds is 10. The topological polar surface area (TPSA) is 77.1 Å². The molecule has 0 spiro atoms. The molecule has 0 fully saturated rings. The molecule has 0 amide bonds. The van der Waals surface area contributed by atoms with E-state index < -0.39 is 17.7 Å². The number of alkyl halides is 3. The van der Waals surface area contributed by atoms with Gasteiger partial charge >= 0.3 is 12.1 Å². The summed E-state index contributed by atoms with van der Waals surface area (Å²) < 4.78 is 50.4. The molecule has 6 nitrogen and oxygen atoms in total. The van der Waals surface area contributed by atoms with Crippen molar-refractivity contribution < 1.29 is 27.4 Å². The maximum Gasteiger partial charge on any atom is 0.417 e. The van der Waals surface area contributed by atoms with E-state index in [1.807, 2.05) is 42.5 Å². The molecule has 1 atom stereocenters. The monoisotopic (exact) mass is 647 g/mol. The third-order valence-corrected chi connectivity index (χ3v) is 8.68. The lowest BCUT2D eigenvalue weighted by molar-refractivity contribution is -0.145. The van der Waals surface area contributed by atoms with Crippen molar-refractivity contribution in [3.05, 3.63) is 107 Å². The number of carbonyl (C=O) groups is 1. The van der Waals surface area contributed by atoms with E-state index in [1.165, 1.54) is 6.07 Å². The molecule has 3 aromatic heterocycles. The Morgan fingerprint density at radius 1 is 0.978 bits per heavy atom. The number of nitrogens with zero attached hydrogens (tertiary/aromatic N) is 2. The zero-order chi connectivity index (χ0) is 33.1. The van der Waals surface area contributed by atoms with Crippen LogP contribution in [0.1, 0.15) is 61.6 Å². The van der Waals surface area contributed by atoms with Crippen molar-refractivity contribution in [2.75, 3.05) is 6.61 Å². The van der Waals surface area contributed by atoms with Crippen molar-refractivity contribution in [1.82, 2.24) is 15.0 Å². The van der Waals surface area contributed by atoms with Gasteiger partial charge in [0, 0.05) is 50.3 Å². The van der Waals surface area contributed by atoms with Gasteiger partial charge in [-0.1, -0.05) is 57.2 Å². The van der Waals surface area contributed by atoms with Gasteiger partial charge in [-0.15, -0.1) is 11.8 Å². The summed E-state index contributed by atoms with van der Waals surface area (Å²) in [4.78, 5) is 26.4. The number of H-pyrrole nitrogens is 1. The van der Waals surface area contributed by atoms with Gasteiger partial charge in [-0.2, -0.15) is 13.2 Å². The minimum atomic E-state index is -4.45. The maximum atomic E-state index is 13.6. The molecule has 0 aliphatic heterocycles. The van der Waals surface area contributed by atoms with E-state index in [-0.39, 0.29) is 17.3 Å². The Labute approximate surface area is 270 Å². The number of hydrogen-bond acceptors (Lipinski definition) is 6. The first kappa shape index (κ1) is 33.1. The number of aryl methyl sites for hydroxylation is 1. The predicted octanol–water partition coefficient (Wildman–Crippen LogP) is 9.31. The summed E-state index contributed by atoms with van der Waals surface area (Å²) in [6, 6.07) is 19.3. The fourth-order valence-corrected chi connectivity index (χ4v) is 6.49. The number of nitrogens with one attached hydrogen (secondary N) is 1. The standard InChI is InChI=1S/C36H36F3N3O3S/c1-6-44-34(43)27(19-23-10-12-24(13-11-23)28-17-15-26(20-41-28)36(37,38)39)32-33(46-35(3,4)5)31-22(2)25(14-16-29(31)42-32)21-45-30-9-7-8-18-40-30/h7-18,20,27,42H,6,19,21H2,1-5H3. The molecule has 5 rings (SSSR count). The summed E-state index contributed by atoms with van der Waals surface area (Å²) in [5.74, 6) is -0.418. The number of aromatic nitrogens is 3. The Kier molecular flexibility index (Phi) is 9.76. The molecule has 0 aliphatic rings. The molecular weight excluding hydrogens is 611 g/mol. The van der Waals surface area contributed by atoms with Crippen molar-refractivity contribution >= 4 is 28.6 Å². The van der Waals surface area contributed by atoms with Crippen LogP contribution in [0.4, 0.5) is 13.2 Å². The number of thioether (sulfide) groups is 1. The van der Waals surface area contributed by atoms with Gasteiger partial charge in [0.25, 0.3) is 0 Å². The lowest BCUT2D eigenvalue weighted by atomic mass is 9.94. The molecule has 1 unspecified atom stereocenters. The Morgan fingerprint density at radius 3 is 2.35 bits per heavy atom. The van der Waals surface area contributed by atoms with Crippen LogP contribution in [0.25, 0.3) is 22.2 Å². The smallest absolute Gasteiger partial charge is 0.417 e. The molecule has 1 N–H and O–H groups in total. The number of esters is 1. The summed E-state index contributed by atoms with van der Waals surface area (Å²) >= 11 is 1.70. The van der Waals surface area contributed by atoms with Crippen LogP contribution in [-0.4, -0.2) is 32.3 Å². The van der Waals surface area contributed by atoms with Crippen LogP contribution in [0.3, 0.4) is 0 Å². The first-order valence-corrected chi connectivity index (χ1v) is 15.8. The molecule has 2 aromatic carbocycles.